The van der Waals surface area contributed by atoms with Crippen molar-refractivity contribution in [2.24, 2.45) is 0 Å². The largest absolute Gasteiger partial charge is 0.397 e. The summed E-state index contributed by atoms with van der Waals surface area (Å²) in [7, 11) is 0. The smallest absolute Gasteiger partial charge is 0.123 e. The van der Waals surface area contributed by atoms with E-state index in [2.05, 4.69) is 6.07 Å². The molecular formula is C17H12FN3. The van der Waals surface area contributed by atoms with Crippen molar-refractivity contribution in [1.82, 2.24) is 0 Å². The molecule has 3 nitrogen and oxygen atoms in total. The zero-order valence-electron chi connectivity index (χ0n) is 11.2. The lowest BCUT2D eigenvalue weighted by Crippen LogP contribution is -2.02. The number of nitrogens with two attached hydrogens (primary N) is 1. The van der Waals surface area contributed by atoms with Crippen LogP contribution in [0.3, 0.4) is 0 Å². The average Bonchev–Trinajstić information content (AvgIpc) is 3.30. The summed E-state index contributed by atoms with van der Waals surface area (Å²) in [6.45, 7) is 0. The van der Waals surface area contributed by atoms with Crippen LogP contribution >= 0.6 is 0 Å². The van der Waals surface area contributed by atoms with Gasteiger partial charge < -0.3 is 5.73 Å². The predicted octanol–water partition coefficient (Wildman–Crippen LogP) is 3.70. The summed E-state index contributed by atoms with van der Waals surface area (Å²) >= 11 is 0. The van der Waals surface area contributed by atoms with Crippen LogP contribution in [0.15, 0.2) is 30.3 Å². The topological polar surface area (TPSA) is 73.6 Å². The Balaban J connectivity index is 2.30. The van der Waals surface area contributed by atoms with Crippen molar-refractivity contribution < 1.29 is 4.39 Å². The molecule has 2 aromatic rings. The maximum Gasteiger partial charge on any atom is 0.123 e. The molecule has 3 rings (SSSR count). The quantitative estimate of drug-likeness (QED) is 0.850. The number of hydrogen-bond acceptors (Lipinski definition) is 3. The third kappa shape index (κ3) is 2.22. The normalized spacial score (nSPS) is 13.5. The van der Waals surface area contributed by atoms with Gasteiger partial charge in [0.2, 0.25) is 0 Å². The first kappa shape index (κ1) is 13.1. The van der Waals surface area contributed by atoms with Crippen LogP contribution < -0.4 is 5.73 Å². The van der Waals surface area contributed by atoms with Crippen LogP contribution in [-0.4, -0.2) is 0 Å². The minimum Gasteiger partial charge on any atom is -0.397 e. The molecule has 0 unspecified atom stereocenters. The van der Waals surface area contributed by atoms with Crippen LogP contribution in [0.2, 0.25) is 0 Å². The lowest BCUT2D eigenvalue weighted by atomic mass is 9.91. The minimum absolute atomic E-state index is 0.198. The van der Waals surface area contributed by atoms with Gasteiger partial charge in [-0.15, -0.1) is 0 Å². The van der Waals surface area contributed by atoms with Crippen molar-refractivity contribution in [3.63, 3.8) is 0 Å². The molecule has 0 bridgehead atoms. The third-order valence-corrected chi connectivity index (χ3v) is 3.77. The van der Waals surface area contributed by atoms with E-state index in [4.69, 9.17) is 5.73 Å². The van der Waals surface area contributed by atoms with E-state index in [1.54, 1.807) is 12.1 Å². The van der Waals surface area contributed by atoms with Gasteiger partial charge in [-0.2, -0.15) is 10.5 Å². The Labute approximate surface area is 122 Å². The molecule has 0 radical (unpaired) electrons. The Morgan fingerprint density at radius 2 is 1.81 bits per heavy atom. The van der Waals surface area contributed by atoms with Crippen LogP contribution in [0.25, 0.3) is 11.1 Å². The molecule has 21 heavy (non-hydrogen) atoms. The molecule has 0 atom stereocenters. The fraction of sp³-hybridized carbons (Fsp3) is 0.176. The molecule has 0 heterocycles. The highest BCUT2D eigenvalue weighted by atomic mass is 19.1. The number of nitriles is 2. The molecular weight excluding hydrogens is 265 g/mol. The number of benzene rings is 2. The molecule has 1 aliphatic rings. The van der Waals surface area contributed by atoms with E-state index in [0.29, 0.717) is 22.6 Å². The number of anilines is 1. The number of nitrogens with zero attached hydrogens (tertiary/aromatic N) is 2. The van der Waals surface area contributed by atoms with Crippen LogP contribution in [0.1, 0.15) is 35.4 Å². The number of hydrogen-bond donors (Lipinski definition) is 1. The maximum absolute atomic E-state index is 13.4. The first-order valence-electron chi connectivity index (χ1n) is 6.68. The first-order chi connectivity index (χ1) is 10.2. The Morgan fingerprint density at radius 1 is 1.10 bits per heavy atom. The molecule has 0 spiro atoms. The zero-order chi connectivity index (χ0) is 15.0. The molecule has 4 heteroatoms. The summed E-state index contributed by atoms with van der Waals surface area (Å²) in [5.74, 6) is -0.0469. The second-order valence-corrected chi connectivity index (χ2v) is 5.19. The van der Waals surface area contributed by atoms with E-state index in [0.717, 1.165) is 18.4 Å². The van der Waals surface area contributed by atoms with Gasteiger partial charge in [0, 0.05) is 5.56 Å². The van der Waals surface area contributed by atoms with Gasteiger partial charge in [0.05, 0.1) is 16.8 Å². The van der Waals surface area contributed by atoms with E-state index < -0.39 is 0 Å². The van der Waals surface area contributed by atoms with Gasteiger partial charge in [0.25, 0.3) is 0 Å². The molecule has 102 valence electrons. The summed E-state index contributed by atoms with van der Waals surface area (Å²) < 4.78 is 13.4. The fourth-order valence-electron chi connectivity index (χ4n) is 2.57. The summed E-state index contributed by atoms with van der Waals surface area (Å²) in [6, 6.07) is 12.0. The van der Waals surface area contributed by atoms with Crippen LogP contribution in [-0.2, 0) is 0 Å². The lowest BCUT2D eigenvalue weighted by molar-refractivity contribution is 0.628. The van der Waals surface area contributed by atoms with Crippen molar-refractivity contribution in [3.05, 3.63) is 52.8 Å². The van der Waals surface area contributed by atoms with Crippen molar-refractivity contribution in [3.8, 4) is 23.3 Å². The number of halogens is 1. The maximum atomic E-state index is 13.4. The number of rotatable bonds is 2. The molecule has 1 saturated carbocycles. The average molecular weight is 277 g/mol. The molecule has 2 N–H and O–H groups in total. The van der Waals surface area contributed by atoms with Gasteiger partial charge >= 0.3 is 0 Å². The second kappa shape index (κ2) is 4.92. The zero-order valence-corrected chi connectivity index (χ0v) is 11.2. The third-order valence-electron chi connectivity index (χ3n) is 3.77. The predicted molar refractivity (Wildman–Crippen MR) is 77.7 cm³/mol. The van der Waals surface area contributed by atoms with Gasteiger partial charge in [-0.1, -0.05) is 12.1 Å². The van der Waals surface area contributed by atoms with E-state index in [-0.39, 0.29) is 17.1 Å². The van der Waals surface area contributed by atoms with E-state index in [9.17, 15) is 14.9 Å². The van der Waals surface area contributed by atoms with Crippen molar-refractivity contribution >= 4 is 5.69 Å². The molecule has 1 fully saturated rings. The van der Waals surface area contributed by atoms with Crippen molar-refractivity contribution in [2.75, 3.05) is 5.73 Å². The molecule has 2 aromatic carbocycles. The highest BCUT2D eigenvalue weighted by Crippen LogP contribution is 2.45. The van der Waals surface area contributed by atoms with Gasteiger partial charge in [-0.3, -0.25) is 0 Å². The van der Waals surface area contributed by atoms with E-state index in [1.807, 2.05) is 12.1 Å². The second-order valence-electron chi connectivity index (χ2n) is 5.19. The van der Waals surface area contributed by atoms with Gasteiger partial charge in [-0.05, 0) is 48.1 Å². The van der Waals surface area contributed by atoms with Crippen LogP contribution in [0.5, 0.6) is 0 Å². The Morgan fingerprint density at radius 3 is 2.38 bits per heavy atom. The van der Waals surface area contributed by atoms with Crippen LogP contribution in [0.4, 0.5) is 10.1 Å². The van der Waals surface area contributed by atoms with Crippen molar-refractivity contribution in [2.45, 2.75) is 18.8 Å². The first-order valence-corrected chi connectivity index (χ1v) is 6.68. The molecule has 0 aromatic heterocycles. The number of nitrogen functional groups attached to an aromatic ring is 1. The van der Waals surface area contributed by atoms with Gasteiger partial charge in [0.15, 0.2) is 0 Å². The van der Waals surface area contributed by atoms with E-state index >= 15 is 0 Å². The summed E-state index contributed by atoms with van der Waals surface area (Å²) in [5, 5.41) is 18.7. The monoisotopic (exact) mass is 277 g/mol. The molecule has 0 saturated heterocycles. The lowest BCUT2D eigenvalue weighted by Gasteiger charge is -2.13. The summed E-state index contributed by atoms with van der Waals surface area (Å²) in [5.41, 5.74) is 8.89. The highest BCUT2D eigenvalue weighted by Gasteiger charge is 2.29. The Bertz CT molecular complexity index is 808. The Hall–Kier alpha value is -2.85. The SMILES string of the molecule is N#Cc1c(-c2cccc(F)c2)cc(C2CC2)c(C#N)c1N. The van der Waals surface area contributed by atoms with Crippen LogP contribution in [0, 0.1) is 28.5 Å². The molecule has 0 aliphatic heterocycles. The van der Waals surface area contributed by atoms with E-state index in [1.165, 1.54) is 12.1 Å². The van der Waals surface area contributed by atoms with Gasteiger partial charge in [-0.25, -0.2) is 4.39 Å². The standard InChI is InChI=1S/C17H12FN3/c18-12-3-1-2-11(6-12)14-7-13(10-4-5-10)15(8-19)17(21)16(14)9-20/h1-3,6-7,10H,4-5,21H2. The van der Waals surface area contributed by atoms with Gasteiger partial charge in [0.1, 0.15) is 18.0 Å². The van der Waals surface area contributed by atoms with Crippen molar-refractivity contribution in [1.29, 1.82) is 10.5 Å². The minimum atomic E-state index is -0.368. The molecule has 0 amide bonds. The Kier molecular flexibility index (Phi) is 3.08. The summed E-state index contributed by atoms with van der Waals surface area (Å²) in [6.07, 6.45) is 2.03. The fourth-order valence-corrected chi connectivity index (χ4v) is 2.57. The summed E-state index contributed by atoms with van der Waals surface area (Å²) in [4.78, 5) is 0. The molecule has 1 aliphatic carbocycles. The highest BCUT2D eigenvalue weighted by molar-refractivity contribution is 5.82.